The number of methoxy groups -OCH3 is 2. The van der Waals surface area contributed by atoms with Gasteiger partial charge in [0.1, 0.15) is 11.6 Å². The van der Waals surface area contributed by atoms with Gasteiger partial charge in [-0.1, -0.05) is 6.07 Å². The zero-order valence-electron chi connectivity index (χ0n) is 27.4. The molecule has 44 heavy (non-hydrogen) atoms. The van der Waals surface area contributed by atoms with Gasteiger partial charge in [-0.15, -0.1) is 0 Å². The Labute approximate surface area is 255 Å². The van der Waals surface area contributed by atoms with E-state index in [0.29, 0.717) is 31.1 Å². The maximum Gasteiger partial charge on any atom is 0.418 e. The van der Waals surface area contributed by atoms with Crippen molar-refractivity contribution in [2.45, 2.75) is 18.8 Å². The highest BCUT2D eigenvalue weighted by molar-refractivity contribution is 6.03. The highest BCUT2D eigenvalue weighted by Crippen LogP contribution is 2.44. The van der Waals surface area contributed by atoms with Crippen LogP contribution in [-0.4, -0.2) is 89.0 Å². The number of nitrogens with one attached hydrogen (secondary N) is 3. The summed E-state index contributed by atoms with van der Waals surface area (Å²) < 4.78 is 83.0. The number of aryl methyl sites for hydroxylation is 2. The normalized spacial score (nSPS) is 16.2. The first-order chi connectivity index (χ1) is 22.2. The van der Waals surface area contributed by atoms with E-state index in [-0.39, 0.29) is 39.6 Å². The lowest BCUT2D eigenvalue weighted by molar-refractivity contribution is -0.216. The van der Waals surface area contributed by atoms with E-state index in [1.807, 2.05) is 18.4 Å². The third kappa shape index (κ3) is 6.27. The van der Waals surface area contributed by atoms with Crippen molar-refractivity contribution < 1.29 is 36.3 Å². The number of rotatable bonds is 10. The average Bonchev–Trinajstić information content (AvgIpc) is 3.49. The molecule has 0 radical (unpaired) electrons. The van der Waals surface area contributed by atoms with Crippen LogP contribution in [0.5, 0.6) is 5.75 Å². The number of ether oxygens (including phenoxy) is 3. The number of amides is 1. The minimum absolute atomic E-state index is 0.0314. The molecule has 13 nitrogen and oxygen atoms in total. The van der Waals surface area contributed by atoms with E-state index in [2.05, 4.69) is 30.7 Å². The Bertz CT molecular complexity index is 1750. The van der Waals surface area contributed by atoms with Crippen molar-refractivity contribution in [3.05, 3.63) is 47.3 Å². The van der Waals surface area contributed by atoms with Gasteiger partial charge in [0.15, 0.2) is 17.7 Å². The molecule has 0 saturated carbocycles. The minimum atomic E-state index is -4.74. The second-order valence-corrected chi connectivity index (χ2v) is 10.1. The van der Waals surface area contributed by atoms with Gasteiger partial charge >= 0.3 is 6.18 Å². The van der Waals surface area contributed by atoms with E-state index in [1.165, 1.54) is 36.2 Å². The van der Waals surface area contributed by atoms with E-state index < -0.39 is 25.2 Å². The zero-order valence-corrected chi connectivity index (χ0v) is 24.4. The highest BCUT2D eigenvalue weighted by atomic mass is 19.4. The molecule has 5 rings (SSSR count). The molecule has 1 aromatic carbocycles. The Morgan fingerprint density at radius 1 is 1.11 bits per heavy atom. The van der Waals surface area contributed by atoms with Gasteiger partial charge in [0.2, 0.25) is 0 Å². The zero-order chi connectivity index (χ0) is 34.1. The lowest BCUT2D eigenvalue weighted by Crippen LogP contribution is -2.36. The first-order valence-corrected chi connectivity index (χ1v) is 13.5. The molecule has 0 bridgehead atoms. The molecule has 1 aliphatic rings. The third-order valence-corrected chi connectivity index (χ3v) is 7.26. The Morgan fingerprint density at radius 3 is 2.57 bits per heavy atom. The van der Waals surface area contributed by atoms with Crippen molar-refractivity contribution in [1.82, 2.24) is 34.8 Å². The van der Waals surface area contributed by atoms with Crippen molar-refractivity contribution >= 4 is 40.0 Å². The molecular formula is C28H34F3N9O4. The number of carbonyl (C=O) groups is 1. The van der Waals surface area contributed by atoms with Crippen LogP contribution in [0.4, 0.5) is 36.3 Å². The number of anilines is 4. The molecule has 0 unspecified atom stereocenters. The van der Waals surface area contributed by atoms with Crippen LogP contribution in [0, 0.1) is 0 Å². The van der Waals surface area contributed by atoms with E-state index in [4.69, 9.17) is 18.3 Å². The summed E-state index contributed by atoms with van der Waals surface area (Å²) >= 11 is 0. The predicted molar refractivity (Wildman–Crippen MR) is 157 cm³/mol. The quantitative estimate of drug-likeness (QED) is 0.241. The number of benzene rings is 1. The average molecular weight is 621 g/mol. The molecule has 1 atom stereocenters. The Kier molecular flexibility index (Phi) is 7.82. The first kappa shape index (κ1) is 27.2. The monoisotopic (exact) mass is 620 g/mol. The van der Waals surface area contributed by atoms with E-state index >= 15 is 0 Å². The summed E-state index contributed by atoms with van der Waals surface area (Å²) in [6.45, 7) is 0.732. The SMILES string of the molecule is [2H]C([2H])([2H])NC(=O)c1cnc(Nc2cc(CN3CCOCC3)n(C)n2)cc1Nc1nn(C)c2ccc([C@H](OC)C(F)(F)F)c(OC)c12. The van der Waals surface area contributed by atoms with E-state index in [1.54, 1.807) is 11.7 Å². The summed E-state index contributed by atoms with van der Waals surface area (Å²) in [5.41, 5.74) is 0.941. The van der Waals surface area contributed by atoms with Gasteiger partial charge in [-0.05, 0) is 6.07 Å². The number of hydrogen-bond donors (Lipinski definition) is 3. The molecule has 236 valence electrons. The number of pyridine rings is 1. The lowest BCUT2D eigenvalue weighted by atomic mass is 10.0. The number of nitrogens with zero attached hydrogens (tertiary/aromatic N) is 6. The highest BCUT2D eigenvalue weighted by Gasteiger charge is 2.43. The summed E-state index contributed by atoms with van der Waals surface area (Å²) in [5, 5.41) is 17.1. The molecule has 16 heteroatoms. The lowest BCUT2D eigenvalue weighted by Gasteiger charge is -2.26. The van der Waals surface area contributed by atoms with Crippen LogP contribution in [0.25, 0.3) is 10.9 Å². The van der Waals surface area contributed by atoms with Gasteiger partial charge in [0, 0.05) is 75.8 Å². The van der Waals surface area contributed by atoms with Gasteiger partial charge < -0.3 is 30.2 Å². The second kappa shape index (κ2) is 12.7. The minimum Gasteiger partial charge on any atom is -0.496 e. The Hall–Kier alpha value is -4.41. The van der Waals surface area contributed by atoms with Gasteiger partial charge in [0.05, 0.1) is 48.2 Å². The van der Waals surface area contributed by atoms with E-state index in [0.717, 1.165) is 25.9 Å². The molecule has 1 saturated heterocycles. The molecule has 1 fully saturated rings. The summed E-state index contributed by atoms with van der Waals surface area (Å²) in [7, 11) is 5.56. The fraction of sp³-hybridized carbons (Fsp3) is 0.429. The fourth-order valence-electron chi connectivity index (χ4n) is 5.13. The van der Waals surface area contributed by atoms with Crippen molar-refractivity contribution in [3.63, 3.8) is 0 Å². The van der Waals surface area contributed by atoms with Crippen LogP contribution < -0.4 is 20.7 Å². The molecule has 3 N–H and O–H groups in total. The largest absolute Gasteiger partial charge is 0.496 e. The summed E-state index contributed by atoms with van der Waals surface area (Å²) in [5.74, 6) is -0.394. The fourth-order valence-corrected chi connectivity index (χ4v) is 5.13. The van der Waals surface area contributed by atoms with Crippen molar-refractivity contribution in [2.24, 2.45) is 14.1 Å². The molecule has 1 aliphatic heterocycles. The number of morpholine rings is 1. The number of halogens is 3. The summed E-state index contributed by atoms with van der Waals surface area (Å²) in [6, 6.07) is 5.99. The molecule has 4 aromatic rings. The van der Waals surface area contributed by atoms with Crippen LogP contribution in [0.3, 0.4) is 0 Å². The van der Waals surface area contributed by atoms with Gasteiger partial charge in [-0.25, -0.2) is 4.98 Å². The van der Waals surface area contributed by atoms with Crippen LogP contribution >= 0.6 is 0 Å². The van der Waals surface area contributed by atoms with Crippen molar-refractivity contribution in [3.8, 4) is 5.75 Å². The molecular weight excluding hydrogens is 583 g/mol. The standard InChI is InChI=1S/C28H34F3N9O4/c1-32-27(41)18-14-33-21(35-22-12-16(38(2)36-22)15-40-8-10-44-11-9-40)13-19(18)34-26-23-20(39(3)37-26)7-6-17(24(23)42-4)25(43-5)28(29,30)31/h6-7,12-14,25H,8-11,15H2,1-5H3,(H,32,41)(H2,33,34,35,36,37)/t25-/m0/s1/i1D3. The van der Waals surface area contributed by atoms with Crippen LogP contribution in [-0.2, 0) is 30.1 Å². The number of fused-ring (bicyclic) bond motifs is 1. The van der Waals surface area contributed by atoms with E-state index in [9.17, 15) is 18.0 Å². The molecule has 1 amide bonds. The predicted octanol–water partition coefficient (Wildman–Crippen LogP) is 3.64. The first-order valence-electron chi connectivity index (χ1n) is 15.0. The topological polar surface area (TPSA) is 133 Å². The maximum atomic E-state index is 13.9. The van der Waals surface area contributed by atoms with Crippen molar-refractivity contribution in [2.75, 3.05) is 58.1 Å². The number of hydrogen-bond acceptors (Lipinski definition) is 10. The van der Waals surface area contributed by atoms with Crippen LogP contribution in [0.15, 0.2) is 30.5 Å². The molecule has 0 spiro atoms. The van der Waals surface area contributed by atoms with Crippen LogP contribution in [0.2, 0.25) is 0 Å². The Balaban J connectivity index is 1.54. The third-order valence-electron chi connectivity index (χ3n) is 7.26. The van der Waals surface area contributed by atoms with Crippen LogP contribution in [0.1, 0.15) is 31.8 Å². The molecule has 0 aliphatic carbocycles. The summed E-state index contributed by atoms with van der Waals surface area (Å²) in [4.78, 5) is 19.6. The second-order valence-electron chi connectivity index (χ2n) is 10.1. The number of carbonyl (C=O) groups excluding carboxylic acids is 1. The van der Waals surface area contributed by atoms with Gasteiger partial charge in [-0.3, -0.25) is 19.1 Å². The number of aromatic nitrogens is 5. The van der Waals surface area contributed by atoms with Gasteiger partial charge in [-0.2, -0.15) is 23.4 Å². The summed E-state index contributed by atoms with van der Waals surface area (Å²) in [6.07, 6.45) is -5.87. The number of alkyl halides is 3. The Morgan fingerprint density at radius 2 is 1.89 bits per heavy atom. The smallest absolute Gasteiger partial charge is 0.418 e. The van der Waals surface area contributed by atoms with Gasteiger partial charge in [0.25, 0.3) is 5.91 Å². The maximum absolute atomic E-state index is 13.9. The molecule has 3 aromatic heterocycles. The van der Waals surface area contributed by atoms with Crippen molar-refractivity contribution in [1.29, 1.82) is 0 Å². The molecule has 4 heterocycles.